The topological polar surface area (TPSA) is 58.3 Å². The van der Waals surface area contributed by atoms with Crippen molar-refractivity contribution in [3.05, 3.63) is 65.2 Å². The summed E-state index contributed by atoms with van der Waals surface area (Å²) in [6, 6.07) is 12.9. The molecule has 2 heterocycles. The number of hydrogen-bond donors (Lipinski definition) is 1. The summed E-state index contributed by atoms with van der Waals surface area (Å²) in [5.41, 5.74) is 9.19. The number of benzene rings is 2. The monoisotopic (exact) mass is 365 g/mol. The number of nitrogen functional groups attached to an aromatic ring is 1. The quantitative estimate of drug-likeness (QED) is 0.770. The molecule has 5 nitrogen and oxygen atoms in total. The molecule has 2 aromatic carbocycles. The molecule has 0 saturated carbocycles. The molecule has 140 valence electrons. The lowest BCUT2D eigenvalue weighted by atomic mass is 10.1. The van der Waals surface area contributed by atoms with E-state index in [9.17, 15) is 4.39 Å². The summed E-state index contributed by atoms with van der Waals surface area (Å²) in [7, 11) is 0. The van der Waals surface area contributed by atoms with E-state index in [1.54, 1.807) is 12.1 Å². The fourth-order valence-corrected chi connectivity index (χ4v) is 3.60. The highest BCUT2D eigenvalue weighted by atomic mass is 19.1. The predicted molar refractivity (Wildman–Crippen MR) is 106 cm³/mol. The van der Waals surface area contributed by atoms with Crippen molar-refractivity contribution >= 4 is 16.7 Å². The Labute approximate surface area is 158 Å². The van der Waals surface area contributed by atoms with Crippen LogP contribution in [0.25, 0.3) is 10.9 Å². The second kappa shape index (κ2) is 7.58. The fraction of sp³-hybridized carbons (Fsp3) is 0.333. The van der Waals surface area contributed by atoms with E-state index in [4.69, 9.17) is 5.73 Å². The summed E-state index contributed by atoms with van der Waals surface area (Å²) in [4.78, 5) is 13.9. The SMILES string of the molecule is Cc1cc(F)ccc1CN1CCN(Cc2nc(N)c3ccccc3n2)CC1. The summed E-state index contributed by atoms with van der Waals surface area (Å²) in [6.45, 7) is 7.39. The van der Waals surface area contributed by atoms with Gasteiger partial charge in [-0.2, -0.15) is 0 Å². The van der Waals surface area contributed by atoms with Crippen molar-refractivity contribution in [3.8, 4) is 0 Å². The number of nitrogens with zero attached hydrogens (tertiary/aromatic N) is 4. The summed E-state index contributed by atoms with van der Waals surface area (Å²) >= 11 is 0. The Bertz CT molecular complexity index is 950. The Morgan fingerprint density at radius 1 is 0.963 bits per heavy atom. The fourth-order valence-electron chi connectivity index (χ4n) is 3.60. The maximum absolute atomic E-state index is 13.3. The van der Waals surface area contributed by atoms with Crippen LogP contribution < -0.4 is 5.73 Å². The summed E-state index contributed by atoms with van der Waals surface area (Å²) < 4.78 is 13.3. The molecule has 1 fully saturated rings. The lowest BCUT2D eigenvalue weighted by molar-refractivity contribution is 0.120. The molecule has 4 rings (SSSR count). The molecule has 0 amide bonds. The van der Waals surface area contributed by atoms with Crippen molar-refractivity contribution in [2.45, 2.75) is 20.0 Å². The van der Waals surface area contributed by atoms with Gasteiger partial charge in [0.1, 0.15) is 17.5 Å². The van der Waals surface area contributed by atoms with Crippen molar-refractivity contribution in [1.82, 2.24) is 19.8 Å². The lowest BCUT2D eigenvalue weighted by Crippen LogP contribution is -2.45. The second-order valence-corrected chi connectivity index (χ2v) is 7.17. The molecular formula is C21H24FN5. The Kier molecular flexibility index (Phi) is 5.01. The molecule has 3 aromatic rings. The number of piperazine rings is 1. The van der Waals surface area contributed by atoms with E-state index in [0.29, 0.717) is 12.4 Å². The molecule has 0 bridgehead atoms. The van der Waals surface area contributed by atoms with Crippen molar-refractivity contribution in [2.24, 2.45) is 0 Å². The minimum atomic E-state index is -0.171. The van der Waals surface area contributed by atoms with E-state index >= 15 is 0 Å². The molecule has 0 atom stereocenters. The highest BCUT2D eigenvalue weighted by molar-refractivity contribution is 5.87. The molecular weight excluding hydrogens is 341 g/mol. The lowest BCUT2D eigenvalue weighted by Gasteiger charge is -2.34. The molecule has 1 aliphatic rings. The van der Waals surface area contributed by atoms with E-state index in [1.807, 2.05) is 37.3 Å². The number of aryl methyl sites for hydroxylation is 1. The van der Waals surface area contributed by atoms with E-state index in [2.05, 4.69) is 19.8 Å². The first-order chi connectivity index (χ1) is 13.1. The van der Waals surface area contributed by atoms with Gasteiger partial charge in [-0.05, 0) is 42.3 Å². The minimum absolute atomic E-state index is 0.171. The first kappa shape index (κ1) is 17.8. The molecule has 0 unspecified atom stereocenters. The van der Waals surface area contributed by atoms with Crippen LogP contribution >= 0.6 is 0 Å². The van der Waals surface area contributed by atoms with Crippen molar-refractivity contribution in [1.29, 1.82) is 0 Å². The first-order valence-corrected chi connectivity index (χ1v) is 9.29. The van der Waals surface area contributed by atoms with Gasteiger partial charge in [-0.15, -0.1) is 0 Å². The van der Waals surface area contributed by atoms with E-state index in [0.717, 1.165) is 55.0 Å². The van der Waals surface area contributed by atoms with Crippen LogP contribution in [-0.4, -0.2) is 45.9 Å². The second-order valence-electron chi connectivity index (χ2n) is 7.17. The van der Waals surface area contributed by atoms with Gasteiger partial charge in [-0.1, -0.05) is 18.2 Å². The zero-order chi connectivity index (χ0) is 18.8. The maximum Gasteiger partial charge on any atom is 0.145 e. The van der Waals surface area contributed by atoms with Crippen LogP contribution in [0.15, 0.2) is 42.5 Å². The molecule has 1 aliphatic heterocycles. The van der Waals surface area contributed by atoms with Crippen LogP contribution in [0.4, 0.5) is 10.2 Å². The summed E-state index contributed by atoms with van der Waals surface area (Å²) in [5, 5.41) is 0.903. The average Bonchev–Trinajstić information content (AvgIpc) is 2.66. The van der Waals surface area contributed by atoms with Crippen LogP contribution in [0.2, 0.25) is 0 Å². The molecule has 2 N–H and O–H groups in total. The van der Waals surface area contributed by atoms with Crippen LogP contribution in [0.5, 0.6) is 0 Å². The van der Waals surface area contributed by atoms with Crippen LogP contribution in [0.3, 0.4) is 0 Å². The standard InChI is InChI=1S/C21H24FN5/c1-15-12-17(22)7-6-16(15)13-26-8-10-27(11-9-26)14-20-24-19-5-3-2-4-18(19)21(23)25-20/h2-7,12H,8-11,13-14H2,1H3,(H2,23,24,25). The van der Waals surface area contributed by atoms with Gasteiger partial charge in [0.05, 0.1) is 12.1 Å². The van der Waals surface area contributed by atoms with Gasteiger partial charge in [0.25, 0.3) is 0 Å². The molecule has 1 saturated heterocycles. The van der Waals surface area contributed by atoms with Gasteiger partial charge in [0.15, 0.2) is 0 Å². The van der Waals surface area contributed by atoms with Crippen molar-refractivity contribution in [2.75, 3.05) is 31.9 Å². The largest absolute Gasteiger partial charge is 0.383 e. The number of halogens is 1. The number of anilines is 1. The molecule has 27 heavy (non-hydrogen) atoms. The summed E-state index contributed by atoms with van der Waals surface area (Å²) in [5.74, 6) is 1.14. The predicted octanol–water partition coefficient (Wildman–Crippen LogP) is 2.98. The molecule has 0 spiro atoms. The molecule has 0 radical (unpaired) electrons. The number of aromatic nitrogens is 2. The zero-order valence-electron chi connectivity index (χ0n) is 15.5. The van der Waals surface area contributed by atoms with Crippen molar-refractivity contribution in [3.63, 3.8) is 0 Å². The Morgan fingerprint density at radius 3 is 2.41 bits per heavy atom. The first-order valence-electron chi connectivity index (χ1n) is 9.29. The number of para-hydroxylation sites is 1. The number of hydrogen-bond acceptors (Lipinski definition) is 5. The molecule has 1 aromatic heterocycles. The highest BCUT2D eigenvalue weighted by Crippen LogP contribution is 2.19. The maximum atomic E-state index is 13.3. The van der Waals surface area contributed by atoms with Crippen LogP contribution in [0, 0.1) is 12.7 Å². The van der Waals surface area contributed by atoms with E-state index in [-0.39, 0.29) is 5.82 Å². The third-order valence-corrected chi connectivity index (χ3v) is 5.21. The highest BCUT2D eigenvalue weighted by Gasteiger charge is 2.19. The van der Waals surface area contributed by atoms with Crippen LogP contribution in [-0.2, 0) is 13.1 Å². The zero-order valence-corrected chi connectivity index (χ0v) is 15.5. The number of fused-ring (bicyclic) bond motifs is 1. The number of rotatable bonds is 4. The third-order valence-electron chi connectivity index (χ3n) is 5.21. The Hall–Kier alpha value is -2.57. The van der Waals surface area contributed by atoms with Gasteiger partial charge in [-0.25, -0.2) is 14.4 Å². The third kappa shape index (κ3) is 4.07. The molecule has 6 heteroatoms. The van der Waals surface area contributed by atoms with E-state index < -0.39 is 0 Å². The van der Waals surface area contributed by atoms with Gasteiger partial charge in [-0.3, -0.25) is 9.80 Å². The van der Waals surface area contributed by atoms with Crippen molar-refractivity contribution < 1.29 is 4.39 Å². The minimum Gasteiger partial charge on any atom is -0.383 e. The molecule has 0 aliphatic carbocycles. The smallest absolute Gasteiger partial charge is 0.145 e. The average molecular weight is 365 g/mol. The van der Waals surface area contributed by atoms with Gasteiger partial charge in [0.2, 0.25) is 0 Å². The Morgan fingerprint density at radius 2 is 1.67 bits per heavy atom. The Balaban J connectivity index is 1.37. The van der Waals surface area contributed by atoms with Gasteiger partial charge >= 0.3 is 0 Å². The van der Waals surface area contributed by atoms with Gasteiger partial charge in [0, 0.05) is 38.1 Å². The van der Waals surface area contributed by atoms with Gasteiger partial charge < -0.3 is 5.73 Å². The van der Waals surface area contributed by atoms with E-state index in [1.165, 1.54) is 5.56 Å². The summed E-state index contributed by atoms with van der Waals surface area (Å²) in [6.07, 6.45) is 0. The van der Waals surface area contributed by atoms with Crippen LogP contribution in [0.1, 0.15) is 17.0 Å². The number of nitrogens with two attached hydrogens (primary N) is 1. The normalized spacial score (nSPS) is 16.1.